The molecule has 0 spiro atoms. The van der Waals surface area contributed by atoms with E-state index in [2.05, 4.69) is 5.43 Å². The maximum absolute atomic E-state index is 11.9. The lowest BCUT2D eigenvalue weighted by atomic mass is 10.0. The highest BCUT2D eigenvalue weighted by Gasteiger charge is 2.10. The van der Waals surface area contributed by atoms with Crippen LogP contribution in [0.4, 0.5) is 8.78 Å². The van der Waals surface area contributed by atoms with Gasteiger partial charge in [0, 0.05) is 12.6 Å². The van der Waals surface area contributed by atoms with Gasteiger partial charge in [0.15, 0.2) is 0 Å². The van der Waals surface area contributed by atoms with Gasteiger partial charge < -0.3 is 4.74 Å². The summed E-state index contributed by atoms with van der Waals surface area (Å²) in [6.45, 7) is 1.72. The van der Waals surface area contributed by atoms with E-state index in [1.807, 2.05) is 31.2 Å². The summed E-state index contributed by atoms with van der Waals surface area (Å²) < 4.78 is 28.5. The standard InChI is InChI=1S/C12H18F2N2O/c1-9-3-2-4-10(7-9)11(16-15)5-6-17-8-12(13)14/h2-4,7,11-12,16H,5-6,8,15H2,1H3. The van der Waals surface area contributed by atoms with Crippen molar-refractivity contribution in [2.45, 2.75) is 25.8 Å². The summed E-state index contributed by atoms with van der Waals surface area (Å²) in [7, 11) is 0. The van der Waals surface area contributed by atoms with Crippen LogP contribution in [0.15, 0.2) is 24.3 Å². The Hall–Kier alpha value is -1.04. The Labute approximate surface area is 99.9 Å². The summed E-state index contributed by atoms with van der Waals surface area (Å²) in [5.41, 5.74) is 4.84. The summed E-state index contributed by atoms with van der Waals surface area (Å²) in [6.07, 6.45) is -1.86. The van der Waals surface area contributed by atoms with E-state index in [0.29, 0.717) is 6.42 Å². The number of ether oxygens (including phenoxy) is 1. The van der Waals surface area contributed by atoms with Crippen molar-refractivity contribution in [3.63, 3.8) is 0 Å². The van der Waals surface area contributed by atoms with Gasteiger partial charge in [0.1, 0.15) is 6.61 Å². The van der Waals surface area contributed by atoms with Crippen LogP contribution in [0.5, 0.6) is 0 Å². The molecule has 0 saturated heterocycles. The van der Waals surface area contributed by atoms with Crippen LogP contribution in [0.25, 0.3) is 0 Å². The number of hydrogen-bond acceptors (Lipinski definition) is 3. The normalized spacial score (nSPS) is 13.0. The number of hydrazine groups is 1. The Morgan fingerprint density at radius 2 is 2.18 bits per heavy atom. The zero-order valence-corrected chi connectivity index (χ0v) is 9.83. The van der Waals surface area contributed by atoms with Crippen LogP contribution in [-0.2, 0) is 4.74 Å². The highest BCUT2D eigenvalue weighted by atomic mass is 19.3. The van der Waals surface area contributed by atoms with E-state index in [-0.39, 0.29) is 12.6 Å². The summed E-state index contributed by atoms with van der Waals surface area (Å²) in [5.74, 6) is 5.44. The quantitative estimate of drug-likeness (QED) is 0.439. The Bertz CT molecular complexity index is 334. The number of halogens is 2. The van der Waals surface area contributed by atoms with E-state index in [1.165, 1.54) is 0 Å². The minimum atomic E-state index is -2.42. The molecule has 0 heterocycles. The number of aryl methyl sites for hydroxylation is 1. The van der Waals surface area contributed by atoms with E-state index >= 15 is 0 Å². The fourth-order valence-corrected chi connectivity index (χ4v) is 1.61. The van der Waals surface area contributed by atoms with E-state index in [1.54, 1.807) is 0 Å². The van der Waals surface area contributed by atoms with E-state index in [9.17, 15) is 8.78 Å². The molecule has 0 bridgehead atoms. The minimum absolute atomic E-state index is 0.0763. The first-order valence-corrected chi connectivity index (χ1v) is 5.52. The average Bonchev–Trinajstić information content (AvgIpc) is 2.29. The van der Waals surface area contributed by atoms with Gasteiger partial charge in [0.05, 0.1) is 0 Å². The molecule has 96 valence electrons. The largest absolute Gasteiger partial charge is 0.375 e. The van der Waals surface area contributed by atoms with E-state index in [0.717, 1.165) is 11.1 Å². The third-order valence-electron chi connectivity index (χ3n) is 2.44. The summed E-state index contributed by atoms with van der Waals surface area (Å²) in [6, 6.07) is 7.81. The van der Waals surface area contributed by atoms with Crippen molar-refractivity contribution in [3.8, 4) is 0 Å². The number of rotatable bonds is 7. The van der Waals surface area contributed by atoms with Gasteiger partial charge in [0.25, 0.3) is 6.43 Å². The molecular weight excluding hydrogens is 226 g/mol. The van der Waals surface area contributed by atoms with Crippen molar-refractivity contribution in [1.82, 2.24) is 5.43 Å². The van der Waals surface area contributed by atoms with Crippen LogP contribution < -0.4 is 11.3 Å². The monoisotopic (exact) mass is 244 g/mol. The SMILES string of the molecule is Cc1cccc(C(CCOCC(F)F)NN)c1. The van der Waals surface area contributed by atoms with Gasteiger partial charge in [-0.15, -0.1) is 0 Å². The second-order valence-corrected chi connectivity index (χ2v) is 3.89. The second-order valence-electron chi connectivity index (χ2n) is 3.89. The molecule has 1 rings (SSSR count). The first-order valence-electron chi connectivity index (χ1n) is 5.52. The number of alkyl halides is 2. The van der Waals surface area contributed by atoms with Crippen LogP contribution in [0.2, 0.25) is 0 Å². The van der Waals surface area contributed by atoms with Crippen molar-refractivity contribution in [2.75, 3.05) is 13.2 Å². The fraction of sp³-hybridized carbons (Fsp3) is 0.500. The molecule has 17 heavy (non-hydrogen) atoms. The number of nitrogens with two attached hydrogens (primary N) is 1. The van der Waals surface area contributed by atoms with Crippen molar-refractivity contribution >= 4 is 0 Å². The Morgan fingerprint density at radius 1 is 1.41 bits per heavy atom. The van der Waals surface area contributed by atoms with E-state index in [4.69, 9.17) is 10.6 Å². The molecule has 1 aromatic rings. The van der Waals surface area contributed by atoms with Gasteiger partial charge in [-0.1, -0.05) is 29.8 Å². The second kappa shape index (κ2) is 7.32. The molecule has 0 aromatic heterocycles. The molecule has 5 heteroatoms. The average molecular weight is 244 g/mol. The lowest BCUT2D eigenvalue weighted by Gasteiger charge is -2.16. The lowest BCUT2D eigenvalue weighted by Crippen LogP contribution is -2.29. The number of nitrogens with one attached hydrogen (secondary N) is 1. The molecule has 3 N–H and O–H groups in total. The molecule has 3 nitrogen and oxygen atoms in total. The first kappa shape index (κ1) is 14.0. The molecule has 1 unspecified atom stereocenters. The third-order valence-corrected chi connectivity index (χ3v) is 2.44. The summed E-state index contributed by atoms with van der Waals surface area (Å²) in [4.78, 5) is 0. The Balaban J connectivity index is 2.43. The predicted octanol–water partition coefficient (Wildman–Crippen LogP) is 2.17. The van der Waals surface area contributed by atoms with Crippen LogP contribution in [0.3, 0.4) is 0 Å². The van der Waals surface area contributed by atoms with Gasteiger partial charge in [-0.2, -0.15) is 0 Å². The first-order chi connectivity index (χ1) is 8.13. The van der Waals surface area contributed by atoms with Crippen LogP contribution in [0.1, 0.15) is 23.6 Å². The van der Waals surface area contributed by atoms with Gasteiger partial charge >= 0.3 is 0 Å². The highest BCUT2D eigenvalue weighted by molar-refractivity contribution is 5.24. The van der Waals surface area contributed by atoms with Gasteiger partial charge in [-0.05, 0) is 18.9 Å². The van der Waals surface area contributed by atoms with Crippen molar-refractivity contribution < 1.29 is 13.5 Å². The molecule has 0 radical (unpaired) electrons. The lowest BCUT2D eigenvalue weighted by molar-refractivity contribution is 0.0143. The molecular formula is C12H18F2N2O. The Kier molecular flexibility index (Phi) is 6.04. The molecule has 0 aliphatic carbocycles. The van der Waals surface area contributed by atoms with Crippen LogP contribution in [0, 0.1) is 6.92 Å². The Morgan fingerprint density at radius 3 is 2.76 bits per heavy atom. The molecule has 0 fully saturated rings. The van der Waals surface area contributed by atoms with Gasteiger partial charge in [0.2, 0.25) is 0 Å². The van der Waals surface area contributed by atoms with Crippen molar-refractivity contribution in [3.05, 3.63) is 35.4 Å². The number of benzene rings is 1. The maximum Gasteiger partial charge on any atom is 0.261 e. The third kappa shape index (κ3) is 5.21. The predicted molar refractivity (Wildman–Crippen MR) is 62.7 cm³/mol. The topological polar surface area (TPSA) is 47.3 Å². The zero-order chi connectivity index (χ0) is 12.7. The van der Waals surface area contributed by atoms with Crippen molar-refractivity contribution in [1.29, 1.82) is 0 Å². The molecule has 1 atom stereocenters. The molecule has 0 aliphatic rings. The molecule has 0 saturated carbocycles. The van der Waals surface area contributed by atoms with Gasteiger partial charge in [-0.3, -0.25) is 11.3 Å². The maximum atomic E-state index is 11.9. The van der Waals surface area contributed by atoms with Crippen LogP contribution >= 0.6 is 0 Å². The van der Waals surface area contributed by atoms with Crippen molar-refractivity contribution in [2.24, 2.45) is 5.84 Å². The minimum Gasteiger partial charge on any atom is -0.375 e. The fourth-order valence-electron chi connectivity index (χ4n) is 1.61. The van der Waals surface area contributed by atoms with Gasteiger partial charge in [-0.25, -0.2) is 8.78 Å². The summed E-state index contributed by atoms with van der Waals surface area (Å²) >= 11 is 0. The molecule has 0 aliphatic heterocycles. The number of hydrogen-bond donors (Lipinski definition) is 2. The zero-order valence-electron chi connectivity index (χ0n) is 9.83. The van der Waals surface area contributed by atoms with Crippen LogP contribution in [-0.4, -0.2) is 19.6 Å². The highest BCUT2D eigenvalue weighted by Crippen LogP contribution is 2.17. The van der Waals surface area contributed by atoms with E-state index < -0.39 is 13.0 Å². The smallest absolute Gasteiger partial charge is 0.261 e. The molecule has 0 amide bonds. The summed E-state index contributed by atoms with van der Waals surface area (Å²) in [5, 5.41) is 0. The molecule has 1 aromatic carbocycles.